The second kappa shape index (κ2) is 4.34. The fraction of sp³-hybridized carbons (Fsp3) is 0.462. The van der Waals surface area contributed by atoms with Crippen molar-refractivity contribution in [1.29, 1.82) is 0 Å². The van der Waals surface area contributed by atoms with Gasteiger partial charge in [0.25, 0.3) is 0 Å². The minimum atomic E-state index is -1.45. The molecule has 0 aliphatic rings. The van der Waals surface area contributed by atoms with Gasteiger partial charge in [-0.15, -0.1) is 0 Å². The van der Waals surface area contributed by atoms with Gasteiger partial charge in [-0.25, -0.2) is 0 Å². The first-order valence-corrected chi connectivity index (χ1v) is 12.7. The molecule has 0 N–H and O–H groups in total. The average molecular weight is 249 g/mol. The van der Waals surface area contributed by atoms with Gasteiger partial charge in [0.15, 0.2) is 0 Å². The van der Waals surface area contributed by atoms with Crippen molar-refractivity contribution >= 4 is 26.5 Å². The Morgan fingerprint density at radius 3 is 1.50 bits per heavy atom. The summed E-state index contributed by atoms with van der Waals surface area (Å²) >= 11 is 0. The average Bonchev–Trinajstić information content (AvgIpc) is 2.13. The Bertz CT molecular complexity index is 398. The van der Waals surface area contributed by atoms with Gasteiger partial charge in [0, 0.05) is 0 Å². The Balaban J connectivity index is 3.53. The maximum absolute atomic E-state index is 11.3. The van der Waals surface area contributed by atoms with Crippen molar-refractivity contribution in [3.05, 3.63) is 23.8 Å². The Kier molecular flexibility index (Phi) is 3.65. The molecule has 0 aromatic heterocycles. The molecule has 16 heavy (non-hydrogen) atoms. The molecule has 0 aliphatic heterocycles. The van der Waals surface area contributed by atoms with Crippen LogP contribution in [0.5, 0.6) is 0 Å². The van der Waals surface area contributed by atoms with Crippen molar-refractivity contribution in [1.82, 2.24) is 0 Å². The molecule has 0 spiro atoms. The second-order valence-electron chi connectivity index (χ2n) is 6.33. The van der Waals surface area contributed by atoms with Gasteiger partial charge >= 0.3 is 100 Å². The Hall–Kier alpha value is -0.606. The predicted octanol–water partition coefficient (Wildman–Crippen LogP) is 2.51. The van der Waals surface area contributed by atoms with E-state index >= 15 is 0 Å². The van der Waals surface area contributed by atoms with Crippen molar-refractivity contribution < 1.29 is 4.65 Å². The molecule has 0 saturated carbocycles. The van der Waals surface area contributed by atoms with Crippen LogP contribution in [0.2, 0.25) is 39.3 Å². The van der Waals surface area contributed by atoms with Gasteiger partial charge in [0.05, 0.1) is 0 Å². The monoisotopic (exact) mass is 249 g/mol. The van der Waals surface area contributed by atoms with E-state index in [1.807, 2.05) is 0 Å². The van der Waals surface area contributed by atoms with E-state index in [2.05, 4.69) is 63.6 Å². The molecule has 0 atom stereocenters. The summed E-state index contributed by atoms with van der Waals surface area (Å²) in [6, 6.07) is 6.31. The van der Waals surface area contributed by atoms with E-state index < -0.39 is 16.1 Å². The summed E-state index contributed by atoms with van der Waals surface area (Å²) in [5, 5.41) is 2.50. The van der Waals surface area contributed by atoms with Gasteiger partial charge < -0.3 is 0 Å². The Morgan fingerprint density at radius 1 is 0.875 bits per heavy atom. The van der Waals surface area contributed by atoms with Crippen molar-refractivity contribution in [2.24, 2.45) is 0 Å². The molecule has 0 saturated heterocycles. The molecule has 1 nitrogen and oxygen atoms in total. The molecule has 0 amide bonds. The number of hydrogen-bond acceptors (Lipinski definition) is 0. The van der Waals surface area contributed by atoms with Gasteiger partial charge in [-0.05, 0) is 0 Å². The number of hydrogen-bond donors (Lipinski definition) is 0. The van der Waals surface area contributed by atoms with Gasteiger partial charge in [0.2, 0.25) is 0 Å². The van der Waals surface area contributed by atoms with E-state index in [1.165, 1.54) is 10.4 Å². The Morgan fingerprint density at radius 2 is 1.25 bits per heavy atom. The van der Waals surface area contributed by atoms with Gasteiger partial charge in [0.1, 0.15) is 0 Å². The van der Waals surface area contributed by atoms with Crippen LogP contribution < -0.4 is 10.4 Å². The molecular weight excluding hydrogens is 228 g/mol. The standard InChI is InChI=1S/C13H21OSi2/c1-15(2,3)12-8-7-9-13(11(12)10-14)16(4,5)6/h7-9H,1-6H3/q+1. The van der Waals surface area contributed by atoms with Crippen LogP contribution in [0.4, 0.5) is 0 Å². The van der Waals surface area contributed by atoms with E-state index in [0.29, 0.717) is 0 Å². The zero-order valence-electron chi connectivity index (χ0n) is 11.1. The molecule has 0 heterocycles. The summed E-state index contributed by atoms with van der Waals surface area (Å²) in [6.45, 7) is 13.6. The molecule has 0 aliphatic carbocycles. The fourth-order valence-electron chi connectivity index (χ4n) is 1.91. The first kappa shape index (κ1) is 13.5. The van der Waals surface area contributed by atoms with Crippen LogP contribution in [0.25, 0.3) is 0 Å². The van der Waals surface area contributed by atoms with Crippen LogP contribution in [0, 0.1) is 6.15 Å². The third-order valence-corrected chi connectivity index (χ3v) is 6.85. The second-order valence-corrected chi connectivity index (χ2v) is 16.4. The summed E-state index contributed by atoms with van der Waals surface area (Å²) in [7, 11) is -2.90. The van der Waals surface area contributed by atoms with Gasteiger partial charge in [-0.2, -0.15) is 0 Å². The first-order chi connectivity index (χ1) is 7.18. The number of benzene rings is 1. The molecule has 1 aromatic carbocycles. The minimum absolute atomic E-state index is 0.862. The van der Waals surface area contributed by atoms with Gasteiger partial charge in [-0.3, -0.25) is 0 Å². The van der Waals surface area contributed by atoms with E-state index in [1.54, 1.807) is 0 Å². The van der Waals surface area contributed by atoms with E-state index in [4.69, 9.17) is 0 Å². The zero-order chi connectivity index (χ0) is 12.6. The molecular formula is C13H21OSi2+. The van der Waals surface area contributed by atoms with Crippen molar-refractivity contribution in [2.75, 3.05) is 0 Å². The molecule has 0 unspecified atom stereocenters. The molecule has 3 heteroatoms. The third kappa shape index (κ3) is 2.74. The normalized spacial score (nSPS) is 12.3. The van der Waals surface area contributed by atoms with E-state index in [9.17, 15) is 4.65 Å². The van der Waals surface area contributed by atoms with Crippen LogP contribution in [0.3, 0.4) is 0 Å². The molecule has 86 valence electrons. The van der Waals surface area contributed by atoms with E-state index in [-0.39, 0.29) is 0 Å². The Labute approximate surface area is 101 Å². The SMILES string of the molecule is C[Si](C)(C)c1cccc([Si](C)(C)C)c1C#[O+]. The molecule has 0 bridgehead atoms. The van der Waals surface area contributed by atoms with Crippen LogP contribution in [0.15, 0.2) is 18.2 Å². The van der Waals surface area contributed by atoms with Crippen molar-refractivity contribution in [3.8, 4) is 6.15 Å². The summed E-state index contributed by atoms with van der Waals surface area (Å²) in [5.41, 5.74) is 0.862. The summed E-state index contributed by atoms with van der Waals surface area (Å²) in [4.78, 5) is 0. The quantitative estimate of drug-likeness (QED) is 0.567. The van der Waals surface area contributed by atoms with Crippen LogP contribution in [-0.4, -0.2) is 16.1 Å². The number of rotatable bonds is 2. The van der Waals surface area contributed by atoms with Crippen LogP contribution in [-0.2, 0) is 4.65 Å². The van der Waals surface area contributed by atoms with E-state index in [0.717, 1.165) is 5.56 Å². The molecule has 1 aromatic rings. The topological polar surface area (TPSA) is 19.9 Å². The summed E-state index contributed by atoms with van der Waals surface area (Å²) < 4.78 is 11.3. The summed E-state index contributed by atoms with van der Waals surface area (Å²) in [5.74, 6) is 0. The fourth-order valence-corrected chi connectivity index (χ4v) is 5.10. The summed E-state index contributed by atoms with van der Waals surface area (Å²) in [6.07, 6.45) is 2.20. The first-order valence-electron chi connectivity index (χ1n) is 5.70. The third-order valence-electron chi connectivity index (χ3n) is 2.78. The molecule has 1 rings (SSSR count). The molecule has 0 radical (unpaired) electrons. The van der Waals surface area contributed by atoms with Crippen molar-refractivity contribution in [3.63, 3.8) is 0 Å². The van der Waals surface area contributed by atoms with Crippen LogP contribution >= 0.6 is 0 Å². The zero-order valence-corrected chi connectivity index (χ0v) is 13.1. The van der Waals surface area contributed by atoms with Crippen LogP contribution in [0.1, 0.15) is 5.56 Å². The van der Waals surface area contributed by atoms with Gasteiger partial charge in [-0.1, -0.05) is 0 Å². The van der Waals surface area contributed by atoms with Crippen molar-refractivity contribution in [2.45, 2.75) is 39.3 Å². The predicted molar refractivity (Wildman–Crippen MR) is 76.1 cm³/mol. The maximum atomic E-state index is 11.3. The molecule has 0 fully saturated rings.